The Kier molecular flexibility index (Phi) is 7.34. The van der Waals surface area contributed by atoms with E-state index in [1.54, 1.807) is 24.5 Å². The van der Waals surface area contributed by atoms with Crippen LogP contribution in [0.2, 0.25) is 0 Å². The van der Waals surface area contributed by atoms with Crippen LogP contribution in [0.3, 0.4) is 0 Å². The highest BCUT2D eigenvalue weighted by atomic mass is 16.7. The van der Waals surface area contributed by atoms with Gasteiger partial charge in [-0.1, -0.05) is 24.3 Å². The third-order valence-electron chi connectivity index (χ3n) is 4.74. The standard InChI is InChI=1S/C22H25N5O4/c23-22(24)17-7-5-16(6-8-17)19-9-10-31-27(19)14-20(28)26-18-11-15(12-25-13-18)3-1-2-4-21(29)30/h5-9,11-13H,1-4,10,14H2,(H3,23,24)(H,26,28)(H,29,30). The molecule has 9 nitrogen and oxygen atoms in total. The highest BCUT2D eigenvalue weighted by Gasteiger charge is 2.21. The Bertz CT molecular complexity index is 988. The molecular weight excluding hydrogens is 398 g/mol. The number of amides is 1. The summed E-state index contributed by atoms with van der Waals surface area (Å²) in [7, 11) is 0. The molecule has 0 radical (unpaired) electrons. The zero-order valence-corrected chi connectivity index (χ0v) is 17.0. The van der Waals surface area contributed by atoms with Gasteiger partial charge in [0.15, 0.2) is 0 Å². The monoisotopic (exact) mass is 423 g/mol. The number of aryl methyl sites for hydroxylation is 1. The minimum atomic E-state index is -0.800. The van der Waals surface area contributed by atoms with Crippen LogP contribution in [0, 0.1) is 5.41 Å². The third kappa shape index (κ3) is 6.38. The summed E-state index contributed by atoms with van der Waals surface area (Å²) in [5.74, 6) is -1.05. The number of nitrogen functional groups attached to an aromatic ring is 1. The van der Waals surface area contributed by atoms with E-state index in [1.165, 1.54) is 5.06 Å². The van der Waals surface area contributed by atoms with Crippen LogP contribution < -0.4 is 11.1 Å². The van der Waals surface area contributed by atoms with Crippen molar-refractivity contribution in [3.63, 3.8) is 0 Å². The highest BCUT2D eigenvalue weighted by Crippen LogP contribution is 2.24. The van der Waals surface area contributed by atoms with Crippen molar-refractivity contribution in [1.82, 2.24) is 10.0 Å². The van der Waals surface area contributed by atoms with Crippen molar-refractivity contribution >= 4 is 29.1 Å². The lowest BCUT2D eigenvalue weighted by Crippen LogP contribution is -2.30. The number of pyridine rings is 1. The second kappa shape index (κ2) is 10.4. The maximum absolute atomic E-state index is 12.5. The van der Waals surface area contributed by atoms with Gasteiger partial charge in [0.2, 0.25) is 5.91 Å². The van der Waals surface area contributed by atoms with Crippen LogP contribution in [0.5, 0.6) is 0 Å². The molecule has 1 aromatic heterocycles. The zero-order valence-electron chi connectivity index (χ0n) is 17.0. The topological polar surface area (TPSA) is 142 Å². The van der Waals surface area contributed by atoms with Gasteiger partial charge in [-0.05, 0) is 42.5 Å². The first-order valence-electron chi connectivity index (χ1n) is 9.93. The number of carboxylic acid groups (broad SMARTS) is 1. The number of carbonyl (C=O) groups is 2. The molecule has 0 aliphatic carbocycles. The number of unbranched alkanes of at least 4 members (excludes halogenated alkanes) is 1. The predicted octanol–water partition coefficient (Wildman–Crippen LogP) is 2.39. The van der Waals surface area contributed by atoms with Gasteiger partial charge in [0, 0.05) is 18.2 Å². The van der Waals surface area contributed by atoms with Crippen molar-refractivity contribution < 1.29 is 19.5 Å². The Hall–Kier alpha value is -3.72. The summed E-state index contributed by atoms with van der Waals surface area (Å²) in [6.45, 7) is 0.369. The van der Waals surface area contributed by atoms with Crippen molar-refractivity contribution in [1.29, 1.82) is 5.41 Å². The van der Waals surface area contributed by atoms with Gasteiger partial charge in [0.05, 0.1) is 24.2 Å². The normalized spacial score (nSPS) is 13.0. The highest BCUT2D eigenvalue weighted by molar-refractivity contribution is 5.95. The molecule has 0 fully saturated rings. The van der Waals surface area contributed by atoms with Crippen LogP contribution in [-0.2, 0) is 20.8 Å². The average molecular weight is 423 g/mol. The number of rotatable bonds is 10. The second-order valence-corrected chi connectivity index (χ2v) is 7.14. The Labute approximate surface area is 180 Å². The summed E-state index contributed by atoms with van der Waals surface area (Å²) in [5.41, 5.74) is 9.27. The number of hydroxylamine groups is 2. The summed E-state index contributed by atoms with van der Waals surface area (Å²) in [6.07, 6.45) is 7.35. The molecule has 1 aliphatic heterocycles. The number of benzene rings is 1. The number of carbonyl (C=O) groups excluding carboxylic acids is 1. The van der Waals surface area contributed by atoms with Crippen LogP contribution in [0.15, 0.2) is 48.8 Å². The lowest BCUT2D eigenvalue weighted by Gasteiger charge is -2.20. The zero-order chi connectivity index (χ0) is 22.2. The van der Waals surface area contributed by atoms with Crippen molar-refractivity contribution in [2.24, 2.45) is 5.73 Å². The van der Waals surface area contributed by atoms with E-state index in [4.69, 9.17) is 21.1 Å². The van der Waals surface area contributed by atoms with Crippen LogP contribution >= 0.6 is 0 Å². The van der Waals surface area contributed by atoms with Crippen LogP contribution in [0.4, 0.5) is 5.69 Å². The molecule has 5 N–H and O–H groups in total. The summed E-state index contributed by atoms with van der Waals surface area (Å²) in [4.78, 5) is 32.8. The molecule has 0 atom stereocenters. The van der Waals surface area contributed by atoms with E-state index >= 15 is 0 Å². The number of amidine groups is 1. The molecule has 1 amide bonds. The number of aliphatic carboxylic acids is 1. The van der Waals surface area contributed by atoms with Crippen molar-refractivity contribution in [2.45, 2.75) is 25.7 Å². The lowest BCUT2D eigenvalue weighted by molar-refractivity contribution is -0.137. The molecule has 0 unspecified atom stereocenters. The number of carboxylic acids is 1. The quantitative estimate of drug-likeness (QED) is 0.261. The number of nitrogens with zero attached hydrogens (tertiary/aromatic N) is 2. The molecular formula is C22H25N5O4. The molecule has 0 spiro atoms. The summed E-state index contributed by atoms with van der Waals surface area (Å²) in [5, 5.41) is 20.5. The molecule has 31 heavy (non-hydrogen) atoms. The Morgan fingerprint density at radius 2 is 2.00 bits per heavy atom. The van der Waals surface area contributed by atoms with Gasteiger partial charge in [-0.2, -0.15) is 0 Å². The second-order valence-electron chi connectivity index (χ2n) is 7.14. The minimum absolute atomic E-state index is 0.00263. The number of nitrogens with two attached hydrogens (primary N) is 1. The van der Waals surface area contributed by atoms with Crippen LogP contribution in [0.25, 0.3) is 5.70 Å². The largest absolute Gasteiger partial charge is 0.481 e. The van der Waals surface area contributed by atoms with Gasteiger partial charge < -0.3 is 16.2 Å². The lowest BCUT2D eigenvalue weighted by atomic mass is 10.1. The SMILES string of the molecule is N=C(N)c1ccc(C2=CCON2CC(=O)Nc2cncc(CCCCC(=O)O)c2)cc1. The number of nitrogens with one attached hydrogen (secondary N) is 2. The van der Waals surface area contributed by atoms with E-state index in [-0.39, 0.29) is 24.7 Å². The fourth-order valence-corrected chi connectivity index (χ4v) is 3.22. The van der Waals surface area contributed by atoms with Gasteiger partial charge in [-0.25, -0.2) is 5.06 Å². The first kappa shape index (κ1) is 22.0. The molecule has 3 rings (SSSR count). The molecule has 2 aromatic rings. The number of hydrogen-bond donors (Lipinski definition) is 4. The summed E-state index contributed by atoms with van der Waals surface area (Å²) >= 11 is 0. The van der Waals surface area contributed by atoms with E-state index < -0.39 is 5.97 Å². The van der Waals surface area contributed by atoms with Gasteiger partial charge in [-0.3, -0.25) is 24.8 Å². The van der Waals surface area contributed by atoms with E-state index in [1.807, 2.05) is 24.3 Å². The molecule has 1 aromatic carbocycles. The molecule has 9 heteroatoms. The maximum atomic E-state index is 12.5. The number of anilines is 1. The van der Waals surface area contributed by atoms with E-state index in [2.05, 4.69) is 10.3 Å². The average Bonchev–Trinajstić information content (AvgIpc) is 3.19. The smallest absolute Gasteiger partial charge is 0.303 e. The van der Waals surface area contributed by atoms with Gasteiger partial charge >= 0.3 is 5.97 Å². The van der Waals surface area contributed by atoms with Crippen LogP contribution in [0.1, 0.15) is 36.0 Å². The molecule has 2 heterocycles. The number of aromatic nitrogens is 1. The molecule has 1 aliphatic rings. The van der Waals surface area contributed by atoms with Crippen LogP contribution in [-0.4, -0.2) is 46.0 Å². The maximum Gasteiger partial charge on any atom is 0.303 e. The van der Waals surface area contributed by atoms with E-state index in [9.17, 15) is 9.59 Å². The van der Waals surface area contributed by atoms with E-state index in [0.29, 0.717) is 30.7 Å². The van der Waals surface area contributed by atoms with Crippen molar-refractivity contribution in [3.05, 3.63) is 65.5 Å². The Morgan fingerprint density at radius 1 is 1.23 bits per heavy atom. The third-order valence-corrected chi connectivity index (χ3v) is 4.74. The van der Waals surface area contributed by atoms with Gasteiger partial charge in [0.25, 0.3) is 0 Å². The minimum Gasteiger partial charge on any atom is -0.481 e. The van der Waals surface area contributed by atoms with Gasteiger partial charge in [-0.15, -0.1) is 0 Å². The van der Waals surface area contributed by atoms with E-state index in [0.717, 1.165) is 23.2 Å². The fraction of sp³-hybridized carbons (Fsp3) is 0.273. The summed E-state index contributed by atoms with van der Waals surface area (Å²) < 4.78 is 0. The first-order valence-corrected chi connectivity index (χ1v) is 9.93. The van der Waals surface area contributed by atoms with Crippen molar-refractivity contribution in [2.75, 3.05) is 18.5 Å². The summed E-state index contributed by atoms with van der Waals surface area (Å²) in [6, 6.07) is 9.01. The molecule has 0 saturated carbocycles. The number of hydrogen-bond acceptors (Lipinski definition) is 6. The van der Waals surface area contributed by atoms with Crippen molar-refractivity contribution in [3.8, 4) is 0 Å². The fourth-order valence-electron chi connectivity index (χ4n) is 3.22. The van der Waals surface area contributed by atoms with Gasteiger partial charge in [0.1, 0.15) is 12.4 Å². The molecule has 162 valence electrons. The Balaban J connectivity index is 1.55. The molecule has 0 bridgehead atoms. The predicted molar refractivity (Wildman–Crippen MR) is 116 cm³/mol. The Morgan fingerprint density at radius 3 is 2.71 bits per heavy atom. The first-order chi connectivity index (χ1) is 14.9. The molecule has 0 saturated heterocycles.